The number of allylic oxidation sites excluding steroid dienone is 5. The number of hydrogen-bond acceptors (Lipinski definition) is 4. The van der Waals surface area contributed by atoms with E-state index in [9.17, 15) is 4.79 Å². The Balaban J connectivity index is 2.00. The zero-order valence-corrected chi connectivity index (χ0v) is 17.3. The van der Waals surface area contributed by atoms with Gasteiger partial charge in [-0.2, -0.15) is 0 Å². The maximum absolute atomic E-state index is 13.3. The summed E-state index contributed by atoms with van der Waals surface area (Å²) in [5, 5.41) is 3.36. The van der Waals surface area contributed by atoms with E-state index >= 15 is 0 Å². The van der Waals surface area contributed by atoms with E-state index in [2.05, 4.69) is 34.7 Å². The van der Waals surface area contributed by atoms with Crippen LogP contribution in [0.5, 0.6) is 0 Å². The molecule has 1 aliphatic heterocycles. The van der Waals surface area contributed by atoms with E-state index in [1.54, 1.807) is 10.6 Å². The molecule has 1 fully saturated rings. The Morgan fingerprint density at radius 3 is 2.86 bits per heavy atom. The lowest BCUT2D eigenvalue weighted by Gasteiger charge is -2.28. The fourth-order valence-corrected chi connectivity index (χ4v) is 3.59. The van der Waals surface area contributed by atoms with Crippen molar-refractivity contribution in [2.45, 2.75) is 33.4 Å². The molecule has 2 aromatic heterocycles. The zero-order valence-electron chi connectivity index (χ0n) is 17.3. The molecule has 3 rings (SSSR count). The van der Waals surface area contributed by atoms with Crippen LogP contribution < -0.4 is 15.8 Å². The Morgan fingerprint density at radius 1 is 1.38 bits per heavy atom. The van der Waals surface area contributed by atoms with Crippen molar-refractivity contribution in [3.8, 4) is 11.8 Å². The minimum Gasteiger partial charge on any atom is -0.340 e. The van der Waals surface area contributed by atoms with Crippen molar-refractivity contribution in [3.05, 3.63) is 59.1 Å². The first-order valence-corrected chi connectivity index (χ1v) is 10.1. The van der Waals surface area contributed by atoms with Crippen molar-refractivity contribution in [3.63, 3.8) is 0 Å². The molecule has 0 aromatic carbocycles. The van der Waals surface area contributed by atoms with Gasteiger partial charge in [-0.15, -0.1) is 5.92 Å². The van der Waals surface area contributed by atoms with Crippen molar-refractivity contribution in [2.24, 2.45) is 0 Å². The van der Waals surface area contributed by atoms with Crippen molar-refractivity contribution >= 4 is 17.0 Å². The van der Waals surface area contributed by atoms with Crippen molar-refractivity contribution in [2.75, 3.05) is 31.1 Å². The molecule has 6 nitrogen and oxygen atoms in total. The summed E-state index contributed by atoms with van der Waals surface area (Å²) in [4.78, 5) is 20.3. The van der Waals surface area contributed by atoms with Crippen LogP contribution in [0.15, 0.2) is 53.5 Å². The van der Waals surface area contributed by atoms with Gasteiger partial charge in [0, 0.05) is 38.9 Å². The Morgan fingerprint density at radius 2 is 2.17 bits per heavy atom. The number of pyridine rings is 1. The third kappa shape index (κ3) is 4.69. The molecule has 1 saturated heterocycles. The summed E-state index contributed by atoms with van der Waals surface area (Å²) in [5.74, 6) is 6.88. The second-order valence-electron chi connectivity index (χ2n) is 6.94. The highest BCUT2D eigenvalue weighted by Crippen LogP contribution is 2.21. The Labute approximate surface area is 172 Å². The number of piperazine rings is 1. The quantitative estimate of drug-likeness (QED) is 0.582. The lowest BCUT2D eigenvalue weighted by molar-refractivity contribution is 0.572. The molecule has 1 N–H and O–H groups in total. The molecule has 0 aliphatic carbocycles. The molecule has 29 heavy (non-hydrogen) atoms. The van der Waals surface area contributed by atoms with Crippen molar-refractivity contribution < 1.29 is 0 Å². The lowest BCUT2D eigenvalue weighted by atomic mass is 10.1. The van der Waals surface area contributed by atoms with E-state index in [0.29, 0.717) is 18.6 Å². The molecule has 6 heteroatoms. The van der Waals surface area contributed by atoms with Gasteiger partial charge in [-0.3, -0.25) is 9.36 Å². The Bertz CT molecular complexity index is 1040. The monoisotopic (exact) mass is 391 g/mol. The number of aromatic nitrogens is 3. The third-order valence-corrected chi connectivity index (χ3v) is 5.02. The number of rotatable bonds is 7. The highest BCUT2D eigenvalue weighted by Gasteiger charge is 2.21. The fourth-order valence-electron chi connectivity index (χ4n) is 3.59. The summed E-state index contributed by atoms with van der Waals surface area (Å²) < 4.78 is 3.74. The molecule has 0 atom stereocenters. The average molecular weight is 392 g/mol. The standard InChI is InChI=1S/C23H29N5O/c1-4-7-14-28-21-20(25-23(28)27-17-12-24-13-18-27)11-16-26(22(21)29)15-10-19(8-5-2)9-6-3/h5-6,8-9,11,16,24H,2,10,12-15,17-18H2,1,3H3/b9-6-,19-8+. The van der Waals surface area contributed by atoms with Crippen LogP contribution in [-0.4, -0.2) is 40.3 Å². The number of nitrogens with zero attached hydrogens (tertiary/aromatic N) is 4. The van der Waals surface area contributed by atoms with E-state index in [-0.39, 0.29) is 5.56 Å². The summed E-state index contributed by atoms with van der Waals surface area (Å²) in [6.07, 6.45) is 10.4. The fraction of sp³-hybridized carbons (Fsp3) is 0.391. The van der Waals surface area contributed by atoms with Gasteiger partial charge in [0.1, 0.15) is 5.52 Å². The summed E-state index contributed by atoms with van der Waals surface area (Å²) in [5.41, 5.74) is 2.48. The second-order valence-corrected chi connectivity index (χ2v) is 6.94. The van der Waals surface area contributed by atoms with Gasteiger partial charge in [0.15, 0.2) is 0 Å². The van der Waals surface area contributed by atoms with Crippen LogP contribution in [0.1, 0.15) is 20.3 Å². The SMILES string of the molecule is C=C/C=C(\C=C/C)CCn1ccc2nc(N3CCNCC3)n(CC#CC)c2c1=O. The molecule has 0 saturated carbocycles. The van der Waals surface area contributed by atoms with Crippen molar-refractivity contribution in [1.82, 2.24) is 19.4 Å². The molecule has 1 aliphatic rings. The summed E-state index contributed by atoms with van der Waals surface area (Å²) in [6, 6.07) is 1.94. The van der Waals surface area contributed by atoms with Gasteiger partial charge < -0.3 is 14.8 Å². The van der Waals surface area contributed by atoms with Crippen LogP contribution in [0.2, 0.25) is 0 Å². The molecule has 2 aromatic rings. The van der Waals surface area contributed by atoms with Crippen LogP contribution in [0.25, 0.3) is 11.0 Å². The van der Waals surface area contributed by atoms with Crippen LogP contribution in [0.3, 0.4) is 0 Å². The maximum atomic E-state index is 13.3. The van der Waals surface area contributed by atoms with Gasteiger partial charge in [-0.05, 0) is 31.9 Å². The Kier molecular flexibility index (Phi) is 7.09. The van der Waals surface area contributed by atoms with E-state index in [1.807, 2.05) is 42.8 Å². The number of aryl methyl sites for hydroxylation is 1. The predicted octanol–water partition coefficient (Wildman–Crippen LogP) is 2.71. The smallest absolute Gasteiger partial charge is 0.276 e. The van der Waals surface area contributed by atoms with Crippen molar-refractivity contribution in [1.29, 1.82) is 0 Å². The third-order valence-electron chi connectivity index (χ3n) is 5.02. The van der Waals surface area contributed by atoms with Gasteiger partial charge in [-0.1, -0.05) is 36.8 Å². The second kappa shape index (κ2) is 9.94. The van der Waals surface area contributed by atoms with Crippen LogP contribution >= 0.6 is 0 Å². The largest absolute Gasteiger partial charge is 0.340 e. The van der Waals surface area contributed by atoms with E-state index < -0.39 is 0 Å². The van der Waals surface area contributed by atoms with E-state index in [4.69, 9.17) is 4.98 Å². The van der Waals surface area contributed by atoms with Crippen LogP contribution in [0, 0.1) is 11.8 Å². The molecular formula is C23H29N5O. The molecule has 3 heterocycles. The molecule has 0 unspecified atom stereocenters. The molecule has 0 spiro atoms. The maximum Gasteiger partial charge on any atom is 0.276 e. The minimum atomic E-state index is -0.0206. The summed E-state index contributed by atoms with van der Waals surface area (Å²) in [6.45, 7) is 12.2. The summed E-state index contributed by atoms with van der Waals surface area (Å²) >= 11 is 0. The van der Waals surface area contributed by atoms with Gasteiger partial charge >= 0.3 is 0 Å². The average Bonchev–Trinajstić information content (AvgIpc) is 3.12. The molecule has 0 radical (unpaired) electrons. The topological polar surface area (TPSA) is 55.1 Å². The van der Waals surface area contributed by atoms with Gasteiger partial charge in [0.05, 0.1) is 12.1 Å². The molecule has 152 valence electrons. The highest BCUT2D eigenvalue weighted by molar-refractivity contribution is 5.78. The first-order valence-electron chi connectivity index (χ1n) is 10.1. The highest BCUT2D eigenvalue weighted by atomic mass is 16.1. The number of hydrogen-bond donors (Lipinski definition) is 1. The summed E-state index contributed by atoms with van der Waals surface area (Å²) in [7, 11) is 0. The van der Waals surface area contributed by atoms with Gasteiger partial charge in [0.25, 0.3) is 5.56 Å². The number of nitrogens with one attached hydrogen (secondary N) is 1. The van der Waals surface area contributed by atoms with Gasteiger partial charge in [0.2, 0.25) is 5.95 Å². The Hall–Kier alpha value is -3.04. The first kappa shape index (κ1) is 20.7. The normalized spacial score (nSPS) is 15.0. The first-order chi connectivity index (χ1) is 14.2. The molecular weight excluding hydrogens is 362 g/mol. The molecule has 0 amide bonds. The van der Waals surface area contributed by atoms with Crippen LogP contribution in [0.4, 0.5) is 5.95 Å². The van der Waals surface area contributed by atoms with E-state index in [1.165, 1.54) is 0 Å². The van der Waals surface area contributed by atoms with Crippen LogP contribution in [-0.2, 0) is 13.1 Å². The lowest BCUT2D eigenvalue weighted by Crippen LogP contribution is -2.44. The predicted molar refractivity (Wildman–Crippen MR) is 120 cm³/mol. The zero-order chi connectivity index (χ0) is 20.6. The molecule has 0 bridgehead atoms. The minimum absolute atomic E-state index is 0.0206. The number of anilines is 1. The van der Waals surface area contributed by atoms with E-state index in [0.717, 1.165) is 49.6 Å². The van der Waals surface area contributed by atoms with Gasteiger partial charge in [-0.25, -0.2) is 4.98 Å². The number of fused-ring (bicyclic) bond motifs is 1. The number of imidazole rings is 1.